The zero-order valence-electron chi connectivity index (χ0n) is 21.2. The van der Waals surface area contributed by atoms with Crippen molar-refractivity contribution in [2.45, 2.75) is 64.2 Å². The molecule has 10 heteroatoms. The highest BCUT2D eigenvalue weighted by Gasteiger charge is 2.32. The normalized spacial score (nSPS) is 23.0. The summed E-state index contributed by atoms with van der Waals surface area (Å²) in [5.41, 5.74) is 0. The van der Waals surface area contributed by atoms with Crippen molar-refractivity contribution in [3.8, 4) is 0 Å². The number of carbonyl (C=O) groups excluding carboxylic acids is 5. The highest BCUT2D eigenvalue weighted by Crippen LogP contribution is 2.20. The van der Waals surface area contributed by atoms with Crippen molar-refractivity contribution in [1.82, 2.24) is 20.6 Å². The molecule has 0 aliphatic carbocycles. The van der Waals surface area contributed by atoms with Crippen LogP contribution in [-0.2, 0) is 28.8 Å². The molecule has 4 amide bonds. The van der Waals surface area contributed by atoms with Crippen molar-refractivity contribution in [3.05, 3.63) is 0 Å². The Kier molecular flexibility index (Phi) is 6.47. The lowest BCUT2D eigenvalue weighted by molar-refractivity contribution is -0.197. The van der Waals surface area contributed by atoms with Crippen molar-refractivity contribution < 1.29 is 35.7 Å². The van der Waals surface area contributed by atoms with Gasteiger partial charge in [0.05, 0.1) is 13.0 Å². The molecule has 0 saturated carbocycles. The van der Waals surface area contributed by atoms with E-state index in [2.05, 4.69) is 15.5 Å². The maximum atomic E-state index is 12.2. The largest absolute Gasteiger partial charge is 0.355 e. The third-order valence-electron chi connectivity index (χ3n) is 4.71. The molecule has 2 aliphatic rings. The minimum absolute atomic E-state index is 0.00947. The number of carbonyl (C=O) groups is 5. The second kappa shape index (κ2) is 11.5. The predicted molar refractivity (Wildman–Crippen MR) is 102 cm³/mol. The second-order valence-corrected chi connectivity index (χ2v) is 6.89. The SMILES string of the molecule is [2H]C([2H])([2H])C([2H])([2H])CC1CCCN1[13CH2][13C](=O)[15NH]CC[13C](=O)[15NH][13CH2][13CH2][13C](=O)ON1C(=O)CCC1=O. The first-order chi connectivity index (χ1) is 15.8. The minimum atomic E-state index is -2.74. The van der Waals surface area contributed by atoms with Crippen molar-refractivity contribution in [2.75, 3.05) is 26.2 Å². The first-order valence-electron chi connectivity index (χ1n) is 12.1. The highest BCUT2D eigenvalue weighted by molar-refractivity contribution is 6.01. The quantitative estimate of drug-likeness (QED) is 0.269. The van der Waals surface area contributed by atoms with Crippen molar-refractivity contribution in [1.29, 1.82) is 0 Å². The summed E-state index contributed by atoms with van der Waals surface area (Å²) in [4.78, 5) is 64.9. The van der Waals surface area contributed by atoms with Crippen molar-refractivity contribution in [3.63, 3.8) is 0 Å². The van der Waals surface area contributed by atoms with Gasteiger partial charge in [0.1, 0.15) is 0 Å². The van der Waals surface area contributed by atoms with Gasteiger partial charge in [0.15, 0.2) is 0 Å². The molecule has 2 N–H and O–H groups in total. The Labute approximate surface area is 177 Å². The van der Waals surface area contributed by atoms with Crippen molar-refractivity contribution >= 4 is 29.6 Å². The molecule has 2 heterocycles. The van der Waals surface area contributed by atoms with Gasteiger partial charge in [0, 0.05) is 45.2 Å². The summed E-state index contributed by atoms with van der Waals surface area (Å²) in [6.07, 6.45) is -1.50. The fraction of sp³-hybridized carbons (Fsp3) is 0.737. The maximum absolute atomic E-state index is 12.2. The van der Waals surface area contributed by atoms with E-state index in [4.69, 9.17) is 6.85 Å². The van der Waals surface area contributed by atoms with Gasteiger partial charge < -0.3 is 15.5 Å². The Morgan fingerprint density at radius 1 is 1.14 bits per heavy atom. The fourth-order valence-electron chi connectivity index (χ4n) is 3.21. The summed E-state index contributed by atoms with van der Waals surface area (Å²) >= 11 is 0. The van der Waals surface area contributed by atoms with Gasteiger partial charge in [0.25, 0.3) is 11.8 Å². The molecule has 2 fully saturated rings. The number of hydrogen-bond donors (Lipinski definition) is 2. The summed E-state index contributed by atoms with van der Waals surface area (Å²) in [5.74, 6) is -2.80. The summed E-state index contributed by atoms with van der Waals surface area (Å²) in [7, 11) is 0. The molecule has 1 unspecified atom stereocenters. The second-order valence-electron chi connectivity index (χ2n) is 6.89. The monoisotopic (exact) mass is 423 g/mol. The van der Waals surface area contributed by atoms with Crippen LogP contribution in [0.5, 0.6) is 0 Å². The molecule has 0 aromatic rings. The topological polar surface area (TPSA) is 125 Å². The summed E-state index contributed by atoms with van der Waals surface area (Å²) in [5, 5.41) is 5.49. The molecule has 0 bridgehead atoms. The molecule has 0 aromatic carbocycles. The molecule has 10 nitrogen and oxygen atoms in total. The van der Waals surface area contributed by atoms with Crippen LogP contribution in [0.4, 0.5) is 0 Å². The molecule has 2 aliphatic heterocycles. The minimum Gasteiger partial charge on any atom is -0.355 e. The van der Waals surface area contributed by atoms with E-state index in [-0.39, 0.29) is 63.7 Å². The zero-order chi connectivity index (χ0) is 25.5. The third-order valence-corrected chi connectivity index (χ3v) is 4.71. The number of hydroxylamine groups is 2. The van der Waals surface area contributed by atoms with Crippen LogP contribution < -0.4 is 10.6 Å². The van der Waals surface area contributed by atoms with Gasteiger partial charge in [-0.3, -0.25) is 24.1 Å². The highest BCUT2D eigenvalue weighted by atomic mass is 16.8. The van der Waals surface area contributed by atoms with Gasteiger partial charge >= 0.3 is 5.97 Å². The molecule has 0 spiro atoms. The molecular formula is C19H30N4O6. The lowest BCUT2D eigenvalue weighted by Crippen LogP contribution is -2.41. The smallest absolute Gasteiger partial charge is 0.334 e. The Balaban J connectivity index is 1.62. The average Bonchev–Trinajstić information content (AvgIpc) is 3.27. The molecule has 0 aromatic heterocycles. The number of rotatable bonds is 11. The number of likely N-dealkylation sites (tertiary alicyclic amines) is 1. The van der Waals surface area contributed by atoms with Gasteiger partial charge in [-0.1, -0.05) is 13.2 Å². The lowest BCUT2D eigenvalue weighted by Gasteiger charge is -2.23. The number of nitrogens with zero attached hydrogens (tertiary/aromatic N) is 2. The van der Waals surface area contributed by atoms with E-state index in [1.807, 2.05) is 0 Å². The van der Waals surface area contributed by atoms with E-state index >= 15 is 0 Å². The van der Waals surface area contributed by atoms with Crippen LogP contribution in [0.2, 0.25) is 0 Å². The van der Waals surface area contributed by atoms with E-state index in [0.717, 1.165) is 6.42 Å². The fourth-order valence-corrected chi connectivity index (χ4v) is 3.21. The zero-order valence-corrected chi connectivity index (χ0v) is 16.2. The van der Waals surface area contributed by atoms with E-state index in [9.17, 15) is 24.0 Å². The van der Waals surface area contributed by atoms with Crippen LogP contribution >= 0.6 is 0 Å². The van der Waals surface area contributed by atoms with Gasteiger partial charge in [-0.25, -0.2) is 4.79 Å². The van der Waals surface area contributed by atoms with Crippen LogP contribution in [-0.4, -0.2) is 71.8 Å². The van der Waals surface area contributed by atoms with Crippen LogP contribution in [0.25, 0.3) is 0 Å². The third kappa shape index (κ3) is 7.45. The van der Waals surface area contributed by atoms with Gasteiger partial charge in [-0.15, -0.1) is 5.06 Å². The lowest BCUT2D eigenvalue weighted by atomic mass is 10.1. The average molecular weight is 423 g/mol. The molecule has 2 saturated heterocycles. The van der Waals surface area contributed by atoms with E-state index < -0.39 is 36.9 Å². The molecule has 29 heavy (non-hydrogen) atoms. The Bertz CT molecular complexity index is 791. The number of amides is 4. The van der Waals surface area contributed by atoms with E-state index in [1.54, 1.807) is 4.90 Å². The van der Waals surface area contributed by atoms with Crippen LogP contribution in [0, 0.1) is 0 Å². The first-order valence-corrected chi connectivity index (χ1v) is 9.64. The molecule has 2 rings (SSSR count). The number of nitrogens with one attached hydrogen (secondary N) is 2. The van der Waals surface area contributed by atoms with Gasteiger partial charge in [0.2, 0.25) is 11.8 Å². The molecule has 1 atom stereocenters. The summed E-state index contributed by atoms with van der Waals surface area (Å²) in [6, 6.07) is -0.352. The summed E-state index contributed by atoms with van der Waals surface area (Å²) in [6.45, 7) is -2.23. The van der Waals surface area contributed by atoms with Crippen LogP contribution in [0.1, 0.15) is 65.0 Å². The van der Waals surface area contributed by atoms with E-state index in [1.165, 1.54) is 0 Å². The molecular weight excluding hydrogens is 388 g/mol. The standard InChI is InChI=1S/C19H30N4O6/c1-2-4-14-5-3-12-22(14)13-16(25)21-10-8-15(24)20-11-9-19(28)29-23-17(26)6-7-18(23)27/h14H,2-13H2,1H3,(H,20,24)(H,21,25)/i1D3,2D2,9+1,11+1,13+1,15+1,16+1,19+1,20+1,21+1. The Hall–Kier alpha value is -2.49. The predicted octanol–water partition coefficient (Wildman–Crippen LogP) is -0.129. The molecule has 162 valence electrons. The van der Waals surface area contributed by atoms with Gasteiger partial charge in [-0.2, -0.15) is 0 Å². The first kappa shape index (κ1) is 16.3. The van der Waals surface area contributed by atoms with E-state index in [0.29, 0.717) is 18.0 Å². The Morgan fingerprint density at radius 2 is 1.83 bits per heavy atom. The van der Waals surface area contributed by atoms with Gasteiger partial charge in [-0.05, 0) is 25.8 Å². The summed E-state index contributed by atoms with van der Waals surface area (Å²) < 4.78 is 37.6. The van der Waals surface area contributed by atoms with Crippen molar-refractivity contribution in [2.24, 2.45) is 0 Å². The van der Waals surface area contributed by atoms with Crippen LogP contribution in [0.15, 0.2) is 0 Å². The molecule has 0 radical (unpaired) electrons. The number of imide groups is 1. The van der Waals surface area contributed by atoms with Crippen LogP contribution in [0.3, 0.4) is 0 Å². The number of hydrogen-bond acceptors (Lipinski definition) is 7. The Morgan fingerprint density at radius 3 is 2.55 bits per heavy atom. The maximum Gasteiger partial charge on any atom is 0.334 e.